The van der Waals surface area contributed by atoms with Gasteiger partial charge in [-0.25, -0.2) is 0 Å². The van der Waals surface area contributed by atoms with Gasteiger partial charge in [0.25, 0.3) is 0 Å². The van der Waals surface area contributed by atoms with Gasteiger partial charge in [0.1, 0.15) is 5.75 Å². The van der Waals surface area contributed by atoms with Crippen LogP contribution in [0.4, 0.5) is 0 Å². The van der Waals surface area contributed by atoms with Crippen LogP contribution in [0, 0.1) is 5.41 Å². The Labute approximate surface area is 129 Å². The number of carboxylic acids is 1. The van der Waals surface area contributed by atoms with Crippen molar-refractivity contribution in [1.82, 2.24) is 5.32 Å². The van der Waals surface area contributed by atoms with Crippen LogP contribution in [0.2, 0.25) is 5.02 Å². The molecular weight excluding hydrogens is 294 g/mol. The second-order valence-electron chi connectivity index (χ2n) is 5.39. The van der Waals surface area contributed by atoms with Crippen molar-refractivity contribution < 1.29 is 19.4 Å². The molecule has 21 heavy (non-hydrogen) atoms. The number of rotatable bonds is 7. The predicted octanol–water partition coefficient (Wildman–Crippen LogP) is 2.51. The predicted molar refractivity (Wildman–Crippen MR) is 80.8 cm³/mol. The number of hydrogen-bond acceptors (Lipinski definition) is 3. The summed E-state index contributed by atoms with van der Waals surface area (Å²) in [6.45, 7) is 3.54. The van der Waals surface area contributed by atoms with Gasteiger partial charge >= 0.3 is 5.97 Å². The van der Waals surface area contributed by atoms with Crippen LogP contribution in [0.5, 0.6) is 5.75 Å². The minimum absolute atomic E-state index is 0.0936. The van der Waals surface area contributed by atoms with Crippen molar-refractivity contribution in [3.63, 3.8) is 0 Å². The standard InChI is InChI=1S/C15H20ClNO4/c1-15(2,14(19)20)7-8-17-13(18)9-10-11(16)5-4-6-12(10)21-3/h4-6H,7-9H2,1-3H3,(H,17,18)(H,19,20). The molecule has 1 aromatic rings. The topological polar surface area (TPSA) is 75.6 Å². The number of hydrogen-bond donors (Lipinski definition) is 2. The van der Waals surface area contributed by atoms with Crippen molar-refractivity contribution in [2.75, 3.05) is 13.7 Å². The Morgan fingerprint density at radius 3 is 2.62 bits per heavy atom. The second kappa shape index (κ2) is 7.31. The highest BCUT2D eigenvalue weighted by Gasteiger charge is 2.26. The Hall–Kier alpha value is -1.75. The Kier molecular flexibility index (Phi) is 6.03. The molecule has 0 saturated carbocycles. The van der Waals surface area contributed by atoms with Gasteiger partial charge in [0.05, 0.1) is 18.9 Å². The second-order valence-corrected chi connectivity index (χ2v) is 5.79. The van der Waals surface area contributed by atoms with E-state index in [1.54, 1.807) is 32.0 Å². The van der Waals surface area contributed by atoms with Crippen LogP contribution in [0.1, 0.15) is 25.8 Å². The maximum absolute atomic E-state index is 11.9. The monoisotopic (exact) mass is 313 g/mol. The average Bonchev–Trinajstić information content (AvgIpc) is 2.40. The molecule has 0 heterocycles. The molecule has 0 fully saturated rings. The largest absolute Gasteiger partial charge is 0.496 e. The van der Waals surface area contributed by atoms with Crippen molar-refractivity contribution in [1.29, 1.82) is 0 Å². The van der Waals surface area contributed by atoms with Crippen LogP contribution in [-0.4, -0.2) is 30.6 Å². The lowest BCUT2D eigenvalue weighted by Gasteiger charge is -2.19. The first-order chi connectivity index (χ1) is 9.77. The molecule has 0 bridgehead atoms. The molecule has 2 N–H and O–H groups in total. The van der Waals surface area contributed by atoms with E-state index >= 15 is 0 Å². The molecule has 0 aliphatic carbocycles. The SMILES string of the molecule is COc1cccc(Cl)c1CC(=O)NCCC(C)(C)C(=O)O. The summed E-state index contributed by atoms with van der Waals surface area (Å²) in [7, 11) is 1.52. The van der Waals surface area contributed by atoms with Gasteiger partial charge in [-0.2, -0.15) is 0 Å². The molecule has 6 heteroatoms. The minimum Gasteiger partial charge on any atom is -0.496 e. The number of ether oxygens (including phenoxy) is 1. The van der Waals surface area contributed by atoms with E-state index in [1.165, 1.54) is 7.11 Å². The molecule has 0 aromatic heterocycles. The summed E-state index contributed by atoms with van der Waals surface area (Å²) in [4.78, 5) is 22.9. The zero-order chi connectivity index (χ0) is 16.0. The first kappa shape index (κ1) is 17.3. The lowest BCUT2D eigenvalue weighted by Crippen LogP contribution is -2.32. The quantitative estimate of drug-likeness (QED) is 0.811. The van der Waals surface area contributed by atoms with Crippen molar-refractivity contribution in [2.45, 2.75) is 26.7 Å². The van der Waals surface area contributed by atoms with E-state index < -0.39 is 11.4 Å². The fraction of sp³-hybridized carbons (Fsp3) is 0.467. The van der Waals surface area contributed by atoms with E-state index in [9.17, 15) is 9.59 Å². The number of halogens is 1. The third kappa shape index (κ3) is 4.93. The number of aliphatic carboxylic acids is 1. The summed E-state index contributed by atoms with van der Waals surface area (Å²) in [6, 6.07) is 5.18. The number of amides is 1. The summed E-state index contributed by atoms with van der Waals surface area (Å²) in [5.41, 5.74) is -0.244. The van der Waals surface area contributed by atoms with E-state index in [-0.39, 0.29) is 12.3 Å². The number of benzene rings is 1. The molecule has 1 aromatic carbocycles. The molecule has 1 rings (SSSR count). The van der Waals surface area contributed by atoms with E-state index in [0.717, 1.165) is 0 Å². The number of carbonyl (C=O) groups excluding carboxylic acids is 1. The first-order valence-corrected chi connectivity index (χ1v) is 6.97. The van der Waals surface area contributed by atoms with Crippen LogP contribution in [0.25, 0.3) is 0 Å². The Bertz CT molecular complexity index is 528. The van der Waals surface area contributed by atoms with Crippen LogP contribution in [0.3, 0.4) is 0 Å². The lowest BCUT2D eigenvalue weighted by atomic mass is 9.90. The molecular formula is C15H20ClNO4. The highest BCUT2D eigenvalue weighted by atomic mass is 35.5. The van der Waals surface area contributed by atoms with Crippen LogP contribution in [-0.2, 0) is 16.0 Å². The third-order valence-electron chi connectivity index (χ3n) is 3.28. The summed E-state index contributed by atoms with van der Waals surface area (Å²) >= 11 is 6.06. The van der Waals surface area contributed by atoms with Crippen molar-refractivity contribution in [3.05, 3.63) is 28.8 Å². The van der Waals surface area contributed by atoms with Crippen molar-refractivity contribution >= 4 is 23.5 Å². The molecule has 116 valence electrons. The summed E-state index contributed by atoms with van der Waals surface area (Å²) in [6.07, 6.45) is 0.448. The maximum atomic E-state index is 11.9. The Morgan fingerprint density at radius 2 is 2.05 bits per heavy atom. The Morgan fingerprint density at radius 1 is 1.38 bits per heavy atom. The zero-order valence-corrected chi connectivity index (χ0v) is 13.2. The van der Waals surface area contributed by atoms with E-state index in [0.29, 0.717) is 29.3 Å². The van der Waals surface area contributed by atoms with Crippen molar-refractivity contribution in [2.24, 2.45) is 5.41 Å². The summed E-state index contributed by atoms with van der Waals surface area (Å²) in [5, 5.41) is 12.2. The van der Waals surface area contributed by atoms with E-state index in [1.807, 2.05) is 0 Å². The molecule has 0 atom stereocenters. The van der Waals surface area contributed by atoms with Gasteiger partial charge in [-0.1, -0.05) is 17.7 Å². The highest BCUT2D eigenvalue weighted by molar-refractivity contribution is 6.31. The molecule has 0 aliphatic heterocycles. The minimum atomic E-state index is -0.885. The van der Waals surface area contributed by atoms with Crippen LogP contribution in [0.15, 0.2) is 18.2 Å². The number of nitrogens with one attached hydrogen (secondary N) is 1. The molecule has 0 aliphatic rings. The van der Waals surface area contributed by atoms with Gasteiger partial charge in [0.2, 0.25) is 5.91 Å². The fourth-order valence-corrected chi connectivity index (χ4v) is 1.98. The zero-order valence-electron chi connectivity index (χ0n) is 12.4. The number of carbonyl (C=O) groups is 2. The van der Waals surface area contributed by atoms with Crippen LogP contribution < -0.4 is 10.1 Å². The first-order valence-electron chi connectivity index (χ1n) is 6.59. The van der Waals surface area contributed by atoms with Gasteiger partial charge in [-0.3, -0.25) is 9.59 Å². The summed E-state index contributed by atoms with van der Waals surface area (Å²) < 4.78 is 5.18. The molecule has 0 unspecified atom stereocenters. The smallest absolute Gasteiger partial charge is 0.309 e. The van der Waals surface area contributed by atoms with Crippen molar-refractivity contribution in [3.8, 4) is 5.75 Å². The highest BCUT2D eigenvalue weighted by Crippen LogP contribution is 2.26. The van der Waals surface area contributed by atoms with Gasteiger partial charge in [-0.15, -0.1) is 0 Å². The normalized spacial score (nSPS) is 11.0. The molecule has 0 spiro atoms. The van der Waals surface area contributed by atoms with Crippen LogP contribution >= 0.6 is 11.6 Å². The molecule has 5 nitrogen and oxygen atoms in total. The van der Waals surface area contributed by atoms with Gasteiger partial charge in [0.15, 0.2) is 0 Å². The van der Waals surface area contributed by atoms with Gasteiger partial charge in [0, 0.05) is 17.1 Å². The van der Waals surface area contributed by atoms with Gasteiger partial charge in [-0.05, 0) is 32.4 Å². The van der Waals surface area contributed by atoms with E-state index in [4.69, 9.17) is 21.4 Å². The maximum Gasteiger partial charge on any atom is 0.309 e. The third-order valence-corrected chi connectivity index (χ3v) is 3.64. The van der Waals surface area contributed by atoms with Gasteiger partial charge < -0.3 is 15.2 Å². The molecule has 1 amide bonds. The average molecular weight is 314 g/mol. The number of methoxy groups -OCH3 is 1. The fourth-order valence-electron chi connectivity index (χ4n) is 1.75. The summed E-state index contributed by atoms with van der Waals surface area (Å²) in [5.74, 6) is -0.546. The molecule has 0 radical (unpaired) electrons. The lowest BCUT2D eigenvalue weighted by molar-refractivity contribution is -0.147. The Balaban J connectivity index is 2.58. The van der Waals surface area contributed by atoms with E-state index in [2.05, 4.69) is 5.32 Å². The molecule has 0 saturated heterocycles. The number of carboxylic acid groups (broad SMARTS) is 1.